The Labute approximate surface area is 142 Å². The number of methoxy groups -OCH3 is 3. The highest BCUT2D eigenvalue weighted by molar-refractivity contribution is 6.30. The molecule has 0 aliphatic heterocycles. The molecule has 0 aromatic heterocycles. The molecule has 2 aromatic carbocycles. The average Bonchev–Trinajstić information content (AvgIpc) is 2.58. The summed E-state index contributed by atoms with van der Waals surface area (Å²) in [5.41, 5.74) is 2.32. The van der Waals surface area contributed by atoms with Crippen LogP contribution in [0.5, 0.6) is 17.2 Å². The van der Waals surface area contributed by atoms with Gasteiger partial charge in [-0.3, -0.25) is 0 Å². The fraction of sp³-hybridized carbons (Fsp3) is 0.333. The predicted molar refractivity (Wildman–Crippen MR) is 91.8 cm³/mol. The SMILES string of the molecule is COc1ccc(Cl)cc1C[NH2+]CCc1ccc(OC)c(OC)c1. The number of benzene rings is 2. The van der Waals surface area contributed by atoms with Gasteiger partial charge < -0.3 is 19.5 Å². The van der Waals surface area contributed by atoms with Gasteiger partial charge in [-0.05, 0) is 35.9 Å². The van der Waals surface area contributed by atoms with Gasteiger partial charge in [-0.15, -0.1) is 0 Å². The van der Waals surface area contributed by atoms with Crippen LogP contribution in [0.15, 0.2) is 36.4 Å². The molecule has 0 aliphatic carbocycles. The molecule has 2 aromatic rings. The molecule has 0 bridgehead atoms. The van der Waals surface area contributed by atoms with Gasteiger partial charge in [-0.25, -0.2) is 0 Å². The van der Waals surface area contributed by atoms with E-state index in [-0.39, 0.29) is 0 Å². The second kappa shape index (κ2) is 8.65. The molecule has 2 rings (SSSR count). The maximum atomic E-state index is 6.05. The molecule has 0 radical (unpaired) electrons. The molecule has 0 heterocycles. The van der Waals surface area contributed by atoms with Crippen molar-refractivity contribution in [1.82, 2.24) is 0 Å². The largest absolute Gasteiger partial charge is 0.496 e. The Bertz CT molecular complexity index is 646. The second-order valence-corrected chi connectivity index (χ2v) is 5.61. The number of hydrogen-bond donors (Lipinski definition) is 1. The van der Waals surface area contributed by atoms with E-state index in [0.717, 1.165) is 47.3 Å². The van der Waals surface area contributed by atoms with Crippen LogP contribution in [-0.2, 0) is 13.0 Å². The van der Waals surface area contributed by atoms with E-state index >= 15 is 0 Å². The van der Waals surface area contributed by atoms with Crippen LogP contribution in [0.1, 0.15) is 11.1 Å². The third-order valence-electron chi connectivity index (χ3n) is 3.69. The van der Waals surface area contributed by atoms with Crippen LogP contribution in [0.3, 0.4) is 0 Å². The fourth-order valence-electron chi connectivity index (χ4n) is 2.47. The Kier molecular flexibility index (Phi) is 6.56. The van der Waals surface area contributed by atoms with E-state index in [2.05, 4.69) is 11.4 Å². The first-order valence-corrected chi connectivity index (χ1v) is 7.90. The van der Waals surface area contributed by atoms with Gasteiger partial charge in [0.1, 0.15) is 12.3 Å². The Hall–Kier alpha value is -1.91. The van der Waals surface area contributed by atoms with Crippen molar-refractivity contribution in [2.75, 3.05) is 27.9 Å². The van der Waals surface area contributed by atoms with E-state index in [1.165, 1.54) is 5.56 Å². The molecule has 5 heteroatoms. The Morgan fingerprint density at radius 1 is 0.870 bits per heavy atom. The van der Waals surface area contributed by atoms with Crippen LogP contribution < -0.4 is 19.5 Å². The van der Waals surface area contributed by atoms with E-state index in [1.807, 2.05) is 30.3 Å². The summed E-state index contributed by atoms with van der Waals surface area (Å²) in [6, 6.07) is 11.7. The molecule has 0 fully saturated rings. The zero-order chi connectivity index (χ0) is 16.7. The monoisotopic (exact) mass is 336 g/mol. The fourth-order valence-corrected chi connectivity index (χ4v) is 2.66. The van der Waals surface area contributed by atoms with Crippen LogP contribution in [-0.4, -0.2) is 27.9 Å². The molecule has 0 saturated heterocycles. The van der Waals surface area contributed by atoms with Crippen molar-refractivity contribution in [3.8, 4) is 17.2 Å². The van der Waals surface area contributed by atoms with Gasteiger partial charge in [0.25, 0.3) is 0 Å². The van der Waals surface area contributed by atoms with E-state index in [9.17, 15) is 0 Å². The third-order valence-corrected chi connectivity index (χ3v) is 3.93. The molecule has 124 valence electrons. The van der Waals surface area contributed by atoms with E-state index in [1.54, 1.807) is 21.3 Å². The Morgan fingerprint density at radius 2 is 1.57 bits per heavy atom. The van der Waals surface area contributed by atoms with Crippen LogP contribution in [0, 0.1) is 0 Å². The summed E-state index contributed by atoms with van der Waals surface area (Å²) in [6.45, 7) is 1.79. The lowest BCUT2D eigenvalue weighted by Gasteiger charge is -2.10. The van der Waals surface area contributed by atoms with Crippen molar-refractivity contribution in [2.45, 2.75) is 13.0 Å². The van der Waals surface area contributed by atoms with Gasteiger partial charge in [0.05, 0.1) is 27.9 Å². The van der Waals surface area contributed by atoms with E-state index < -0.39 is 0 Å². The lowest BCUT2D eigenvalue weighted by molar-refractivity contribution is -0.670. The van der Waals surface area contributed by atoms with E-state index in [4.69, 9.17) is 25.8 Å². The predicted octanol–water partition coefficient (Wildman–Crippen LogP) is 2.67. The van der Waals surface area contributed by atoms with E-state index in [0.29, 0.717) is 0 Å². The number of quaternary nitrogens is 1. The highest BCUT2D eigenvalue weighted by Crippen LogP contribution is 2.27. The summed E-state index contributed by atoms with van der Waals surface area (Å²) in [5.74, 6) is 2.39. The number of ether oxygens (including phenoxy) is 3. The van der Waals surface area contributed by atoms with Crippen molar-refractivity contribution in [2.24, 2.45) is 0 Å². The molecule has 2 N–H and O–H groups in total. The summed E-state index contributed by atoms with van der Waals surface area (Å²) >= 11 is 6.05. The van der Waals surface area contributed by atoms with Crippen LogP contribution >= 0.6 is 11.6 Å². The van der Waals surface area contributed by atoms with Crippen molar-refractivity contribution in [3.63, 3.8) is 0 Å². The van der Waals surface area contributed by atoms with Crippen LogP contribution in [0.25, 0.3) is 0 Å². The molecule has 0 atom stereocenters. The molecule has 0 amide bonds. The average molecular weight is 337 g/mol. The standard InChI is InChI=1S/C18H22ClNO3/c1-21-16-7-5-15(19)11-14(16)12-20-9-8-13-4-6-17(22-2)18(10-13)23-3/h4-7,10-11,20H,8-9,12H2,1-3H3/p+1. The van der Waals surface area contributed by atoms with Crippen molar-refractivity contribution < 1.29 is 19.5 Å². The van der Waals surface area contributed by atoms with Crippen molar-refractivity contribution in [3.05, 3.63) is 52.5 Å². The molecule has 0 aliphatic rings. The Balaban J connectivity index is 1.89. The maximum Gasteiger partial charge on any atom is 0.160 e. The summed E-state index contributed by atoms with van der Waals surface area (Å²) < 4.78 is 15.9. The van der Waals surface area contributed by atoms with Crippen molar-refractivity contribution in [1.29, 1.82) is 0 Å². The van der Waals surface area contributed by atoms with Gasteiger partial charge in [0, 0.05) is 17.0 Å². The minimum atomic E-state index is 0.731. The lowest BCUT2D eigenvalue weighted by atomic mass is 10.1. The topological polar surface area (TPSA) is 44.3 Å². The minimum absolute atomic E-state index is 0.731. The third kappa shape index (κ3) is 4.78. The smallest absolute Gasteiger partial charge is 0.160 e. The second-order valence-electron chi connectivity index (χ2n) is 5.18. The number of nitrogens with two attached hydrogens (primary N) is 1. The number of rotatable bonds is 8. The molecule has 0 saturated carbocycles. The summed E-state index contributed by atoms with van der Waals surface area (Å²) in [5, 5.41) is 2.97. The van der Waals surface area contributed by atoms with Crippen molar-refractivity contribution >= 4 is 11.6 Å². The summed E-state index contributed by atoms with van der Waals surface area (Å²) in [4.78, 5) is 0. The number of halogens is 1. The van der Waals surface area contributed by atoms with Crippen LogP contribution in [0.2, 0.25) is 5.02 Å². The first kappa shape index (κ1) is 17.4. The molecule has 23 heavy (non-hydrogen) atoms. The summed E-state index contributed by atoms with van der Waals surface area (Å²) in [7, 11) is 4.97. The van der Waals surface area contributed by atoms with Gasteiger partial charge in [0.15, 0.2) is 11.5 Å². The molecular weight excluding hydrogens is 314 g/mol. The maximum absolute atomic E-state index is 6.05. The normalized spacial score (nSPS) is 10.4. The first-order valence-electron chi connectivity index (χ1n) is 7.53. The van der Waals surface area contributed by atoms with Crippen LogP contribution in [0.4, 0.5) is 0 Å². The molecular formula is C18H23ClNO3+. The van der Waals surface area contributed by atoms with Gasteiger partial charge in [-0.2, -0.15) is 0 Å². The minimum Gasteiger partial charge on any atom is -0.496 e. The molecule has 0 unspecified atom stereocenters. The van der Waals surface area contributed by atoms with Gasteiger partial charge in [0.2, 0.25) is 0 Å². The Morgan fingerprint density at radius 3 is 2.26 bits per heavy atom. The molecule has 0 spiro atoms. The number of hydrogen-bond acceptors (Lipinski definition) is 3. The zero-order valence-electron chi connectivity index (χ0n) is 13.8. The van der Waals surface area contributed by atoms with Gasteiger partial charge >= 0.3 is 0 Å². The quantitative estimate of drug-likeness (QED) is 0.754. The summed E-state index contributed by atoms with van der Waals surface area (Å²) in [6.07, 6.45) is 0.948. The zero-order valence-corrected chi connectivity index (χ0v) is 14.5. The molecule has 4 nitrogen and oxygen atoms in total. The van der Waals surface area contributed by atoms with Gasteiger partial charge in [-0.1, -0.05) is 17.7 Å². The highest BCUT2D eigenvalue weighted by Gasteiger charge is 2.07. The first-order chi connectivity index (χ1) is 11.2. The lowest BCUT2D eigenvalue weighted by Crippen LogP contribution is -2.83. The highest BCUT2D eigenvalue weighted by atomic mass is 35.5.